The number of benzene rings is 5. The predicted octanol–water partition coefficient (Wildman–Crippen LogP) is 8.06. The Kier molecular flexibility index (Phi) is 13.7. The SMILES string of the molecule is CCCNC(=O)Oc1ccc(COC(=O)N(CCCn2c3c(c4cc(OC)c(OC)cc4c2=O)C(=O)c2cc4c(cc2-3)OCO4)CCO[Si](c2ccccc2)(c2ccccc2)C(C)(C)C)cc1. The Hall–Kier alpha value is -7.10. The molecular formula is C52H55N3O11Si. The number of hydrogen-bond acceptors (Lipinski definition) is 11. The van der Waals surface area contributed by atoms with Gasteiger partial charge in [0, 0.05) is 42.7 Å². The number of methoxy groups -OCH3 is 2. The molecule has 348 valence electrons. The zero-order valence-electron chi connectivity index (χ0n) is 38.6. The molecule has 6 aromatic rings. The fraction of sp³-hybridized carbons (Fsp3) is 0.308. The second kappa shape index (κ2) is 19.8. The topological polar surface area (TPSA) is 153 Å². The van der Waals surface area contributed by atoms with Gasteiger partial charge >= 0.3 is 12.2 Å². The number of pyridine rings is 1. The van der Waals surface area contributed by atoms with Crippen LogP contribution in [0, 0.1) is 0 Å². The van der Waals surface area contributed by atoms with Crippen LogP contribution in [0.4, 0.5) is 9.59 Å². The Labute approximate surface area is 390 Å². The van der Waals surface area contributed by atoms with Crippen molar-refractivity contribution in [2.45, 2.75) is 58.7 Å². The van der Waals surface area contributed by atoms with E-state index in [-0.39, 0.29) is 61.4 Å². The van der Waals surface area contributed by atoms with E-state index in [1.807, 2.05) is 43.3 Å². The van der Waals surface area contributed by atoms with Crippen molar-refractivity contribution in [2.24, 2.45) is 0 Å². The maximum atomic E-state index is 14.7. The molecule has 15 heteroatoms. The number of amides is 2. The summed E-state index contributed by atoms with van der Waals surface area (Å²) < 4.78 is 42.7. The Morgan fingerprint density at radius 1 is 0.791 bits per heavy atom. The minimum Gasteiger partial charge on any atom is -0.493 e. The number of ketones is 1. The van der Waals surface area contributed by atoms with Crippen LogP contribution < -0.4 is 44.9 Å². The van der Waals surface area contributed by atoms with Gasteiger partial charge in [0.1, 0.15) is 12.4 Å². The summed E-state index contributed by atoms with van der Waals surface area (Å²) in [7, 11) is 0.0141. The molecule has 14 nitrogen and oxygen atoms in total. The van der Waals surface area contributed by atoms with Crippen molar-refractivity contribution >= 4 is 47.4 Å². The molecule has 2 heterocycles. The van der Waals surface area contributed by atoms with E-state index < -0.39 is 20.5 Å². The van der Waals surface area contributed by atoms with Gasteiger partial charge in [-0.1, -0.05) is 100 Å². The monoisotopic (exact) mass is 925 g/mol. The highest BCUT2D eigenvalue weighted by atomic mass is 28.4. The third-order valence-corrected chi connectivity index (χ3v) is 17.2. The van der Waals surface area contributed by atoms with Crippen molar-refractivity contribution in [2.75, 3.05) is 47.3 Å². The molecule has 5 aromatic carbocycles. The van der Waals surface area contributed by atoms with E-state index in [1.165, 1.54) is 14.2 Å². The van der Waals surface area contributed by atoms with Crippen LogP contribution in [-0.2, 0) is 22.3 Å². The minimum atomic E-state index is -2.97. The lowest BCUT2D eigenvalue weighted by Gasteiger charge is -2.43. The molecule has 0 saturated carbocycles. The van der Waals surface area contributed by atoms with Crippen LogP contribution in [0.1, 0.15) is 62.0 Å². The Balaban J connectivity index is 1.10. The summed E-state index contributed by atoms with van der Waals surface area (Å²) in [4.78, 5) is 57.0. The normalized spacial score (nSPS) is 12.7. The highest BCUT2D eigenvalue weighted by Crippen LogP contribution is 2.47. The molecule has 2 aliphatic rings. The van der Waals surface area contributed by atoms with E-state index in [4.69, 9.17) is 32.8 Å². The number of carbonyl (C=O) groups excluding carboxylic acids is 3. The van der Waals surface area contributed by atoms with Crippen LogP contribution in [0.15, 0.2) is 114 Å². The Bertz CT molecular complexity index is 2800. The van der Waals surface area contributed by atoms with Gasteiger partial charge in [-0.25, -0.2) is 9.59 Å². The average molecular weight is 926 g/mol. The number of rotatable bonds is 17. The molecule has 1 N–H and O–H groups in total. The Morgan fingerprint density at radius 3 is 2.00 bits per heavy atom. The number of hydrogen-bond donors (Lipinski definition) is 1. The van der Waals surface area contributed by atoms with Gasteiger partial charge in [0.05, 0.1) is 37.5 Å². The molecular weight excluding hydrogens is 871 g/mol. The first-order chi connectivity index (χ1) is 32.4. The van der Waals surface area contributed by atoms with Gasteiger partial charge in [-0.05, 0) is 70.2 Å². The van der Waals surface area contributed by atoms with Crippen molar-refractivity contribution in [1.82, 2.24) is 14.8 Å². The van der Waals surface area contributed by atoms with E-state index in [0.717, 1.165) is 16.8 Å². The number of ether oxygens (including phenoxy) is 6. The molecule has 0 saturated heterocycles. The molecule has 0 unspecified atom stereocenters. The summed E-state index contributed by atoms with van der Waals surface area (Å²) in [6.07, 6.45) is -0.0394. The van der Waals surface area contributed by atoms with Crippen molar-refractivity contribution < 1.29 is 47.2 Å². The average Bonchev–Trinajstić information content (AvgIpc) is 3.92. The first kappa shape index (κ1) is 46.4. The maximum absolute atomic E-state index is 14.7. The van der Waals surface area contributed by atoms with E-state index >= 15 is 0 Å². The van der Waals surface area contributed by atoms with Crippen LogP contribution in [0.25, 0.3) is 22.0 Å². The molecule has 1 aliphatic carbocycles. The number of nitrogens with one attached hydrogen (secondary N) is 1. The lowest BCUT2D eigenvalue weighted by atomic mass is 10.0. The molecule has 67 heavy (non-hydrogen) atoms. The fourth-order valence-electron chi connectivity index (χ4n) is 9.00. The molecule has 0 atom stereocenters. The largest absolute Gasteiger partial charge is 0.493 e. The van der Waals surface area contributed by atoms with E-state index in [0.29, 0.717) is 75.0 Å². The van der Waals surface area contributed by atoms with Gasteiger partial charge in [-0.15, -0.1) is 0 Å². The van der Waals surface area contributed by atoms with Gasteiger partial charge in [0.25, 0.3) is 13.9 Å². The second-order valence-corrected chi connectivity index (χ2v) is 21.7. The number of fused-ring (bicyclic) bond motifs is 6. The zero-order valence-corrected chi connectivity index (χ0v) is 39.6. The van der Waals surface area contributed by atoms with Crippen LogP contribution in [-0.4, -0.2) is 83.0 Å². The molecule has 8 rings (SSSR count). The quantitative estimate of drug-likeness (QED) is 0.0883. The van der Waals surface area contributed by atoms with Crippen molar-refractivity contribution in [3.63, 3.8) is 0 Å². The minimum absolute atomic E-state index is 0.0179. The smallest absolute Gasteiger partial charge is 0.412 e. The number of carbonyl (C=O) groups is 3. The summed E-state index contributed by atoms with van der Waals surface area (Å²) in [5, 5.41) is 5.30. The molecule has 1 aliphatic heterocycles. The summed E-state index contributed by atoms with van der Waals surface area (Å²) in [5.74, 6) is 1.73. The second-order valence-electron chi connectivity index (χ2n) is 17.4. The van der Waals surface area contributed by atoms with Gasteiger partial charge < -0.3 is 47.6 Å². The maximum Gasteiger partial charge on any atom is 0.412 e. The van der Waals surface area contributed by atoms with E-state index in [9.17, 15) is 19.2 Å². The van der Waals surface area contributed by atoms with Crippen LogP contribution in [0.5, 0.6) is 28.7 Å². The highest BCUT2D eigenvalue weighted by molar-refractivity contribution is 6.99. The molecule has 0 fully saturated rings. The predicted molar refractivity (Wildman–Crippen MR) is 257 cm³/mol. The van der Waals surface area contributed by atoms with Crippen molar-refractivity contribution in [3.8, 4) is 40.0 Å². The first-order valence-electron chi connectivity index (χ1n) is 22.4. The highest BCUT2D eigenvalue weighted by Gasteiger charge is 2.50. The van der Waals surface area contributed by atoms with Gasteiger partial charge in [0.2, 0.25) is 6.79 Å². The Morgan fingerprint density at radius 2 is 1.40 bits per heavy atom. The van der Waals surface area contributed by atoms with Crippen molar-refractivity contribution in [3.05, 3.63) is 136 Å². The van der Waals surface area contributed by atoms with E-state index in [1.54, 1.807) is 58.0 Å². The molecule has 0 bridgehead atoms. The van der Waals surface area contributed by atoms with E-state index in [2.05, 4.69) is 50.4 Å². The third kappa shape index (κ3) is 9.21. The standard InChI is InChI=1S/C52H55N3O11Si/c1-7-23-53-50(58)66-35-21-19-34(20-22-35)32-62-51(59)54(26-27-65-67(52(2,3)4,36-15-10-8-11-16-36)37-17-12-9-13-18-37)24-14-25-55-47-39-29-44-45(64-33-63-44)30-40(39)48(56)46(47)38-28-42(60-5)43(61-6)31-41(38)49(55)57/h8-13,15-22,28-31H,7,14,23-27,32-33H2,1-6H3,(H,53,58). The fourth-order valence-corrected chi connectivity index (χ4v) is 13.6. The third-order valence-electron chi connectivity index (χ3n) is 12.2. The summed E-state index contributed by atoms with van der Waals surface area (Å²) >= 11 is 0. The van der Waals surface area contributed by atoms with Crippen LogP contribution >= 0.6 is 0 Å². The molecule has 0 spiro atoms. The number of nitrogens with zero attached hydrogens (tertiary/aromatic N) is 2. The van der Waals surface area contributed by atoms with Gasteiger partial charge in [-0.3, -0.25) is 9.59 Å². The molecule has 0 radical (unpaired) electrons. The summed E-state index contributed by atoms with van der Waals surface area (Å²) in [6, 6.07) is 34.0. The lowest BCUT2D eigenvalue weighted by molar-refractivity contribution is 0.0887. The van der Waals surface area contributed by atoms with Gasteiger partial charge in [0.15, 0.2) is 28.8 Å². The van der Waals surface area contributed by atoms with Crippen molar-refractivity contribution in [1.29, 1.82) is 0 Å². The molecule has 1 aromatic heterocycles. The van der Waals surface area contributed by atoms with Crippen LogP contribution in [0.2, 0.25) is 5.04 Å². The zero-order chi connectivity index (χ0) is 47.3. The molecule has 2 amide bonds. The number of aromatic nitrogens is 1. The summed E-state index contributed by atoms with van der Waals surface area (Å²) in [5.41, 5.74) is 2.08. The van der Waals surface area contributed by atoms with Crippen LogP contribution in [0.3, 0.4) is 0 Å². The first-order valence-corrected chi connectivity index (χ1v) is 24.3. The van der Waals surface area contributed by atoms with Gasteiger partial charge in [-0.2, -0.15) is 0 Å². The lowest BCUT2D eigenvalue weighted by Crippen LogP contribution is -2.67. The summed E-state index contributed by atoms with van der Waals surface area (Å²) in [6.45, 7) is 9.69.